The summed E-state index contributed by atoms with van der Waals surface area (Å²) in [5.41, 5.74) is 2.07. The monoisotopic (exact) mass is 270 g/mol. The second-order valence-corrected chi connectivity index (χ2v) is 5.62. The maximum Gasteiger partial charge on any atom is 0.360 e. The number of rotatable bonds is 7. The van der Waals surface area contributed by atoms with Crippen molar-refractivity contribution in [2.75, 3.05) is 11.9 Å². The van der Waals surface area contributed by atoms with Crippen LogP contribution in [0.1, 0.15) is 51.0 Å². The van der Waals surface area contributed by atoms with Crippen molar-refractivity contribution >= 4 is 22.3 Å². The number of thiazole rings is 1. The number of hydrogen-bond donors (Lipinski definition) is 1. The number of nitrogens with zero attached hydrogens (tertiary/aromatic N) is 1. The lowest BCUT2D eigenvalue weighted by Crippen LogP contribution is -2.17. The zero-order valence-corrected chi connectivity index (χ0v) is 12.3. The molecule has 0 aliphatic heterocycles. The van der Waals surface area contributed by atoms with Gasteiger partial charge < -0.3 is 10.1 Å². The van der Waals surface area contributed by atoms with E-state index < -0.39 is 0 Å². The molecule has 1 rings (SSSR count). The summed E-state index contributed by atoms with van der Waals surface area (Å²) in [6.07, 6.45) is 2.25. The molecule has 0 aromatic carbocycles. The standard InChI is InChI=1S/C13H22N2O2S/c1-5-17-13(16)11-12(18-8-14-11)15-10(4)7-6-9(2)3/h8-10,15H,5-7H2,1-4H3. The highest BCUT2D eigenvalue weighted by Crippen LogP contribution is 2.23. The van der Waals surface area contributed by atoms with E-state index in [1.54, 1.807) is 12.4 Å². The molecule has 0 saturated heterocycles. The first-order valence-corrected chi connectivity index (χ1v) is 7.29. The van der Waals surface area contributed by atoms with E-state index in [0.29, 0.717) is 24.3 Å². The topological polar surface area (TPSA) is 51.2 Å². The molecule has 18 heavy (non-hydrogen) atoms. The van der Waals surface area contributed by atoms with Crippen LogP contribution in [-0.2, 0) is 4.74 Å². The van der Waals surface area contributed by atoms with E-state index in [1.165, 1.54) is 17.8 Å². The number of nitrogens with one attached hydrogen (secondary N) is 1. The first-order valence-electron chi connectivity index (χ1n) is 6.41. The Morgan fingerprint density at radius 2 is 2.17 bits per heavy atom. The van der Waals surface area contributed by atoms with Crippen molar-refractivity contribution < 1.29 is 9.53 Å². The quantitative estimate of drug-likeness (QED) is 0.770. The van der Waals surface area contributed by atoms with Gasteiger partial charge in [0.2, 0.25) is 0 Å². The molecule has 5 heteroatoms. The summed E-state index contributed by atoms with van der Waals surface area (Å²) in [5, 5.41) is 4.15. The van der Waals surface area contributed by atoms with Gasteiger partial charge in [-0.05, 0) is 32.6 Å². The summed E-state index contributed by atoms with van der Waals surface area (Å²) in [6.45, 7) is 8.71. The predicted molar refractivity (Wildman–Crippen MR) is 75.2 cm³/mol. The molecule has 1 heterocycles. The molecule has 0 spiro atoms. The number of ether oxygens (including phenoxy) is 1. The van der Waals surface area contributed by atoms with Gasteiger partial charge in [0.25, 0.3) is 0 Å². The Balaban J connectivity index is 2.56. The second-order valence-electron chi connectivity index (χ2n) is 4.77. The van der Waals surface area contributed by atoms with Gasteiger partial charge in [-0.2, -0.15) is 0 Å². The Bertz CT molecular complexity index is 377. The zero-order valence-electron chi connectivity index (χ0n) is 11.5. The largest absolute Gasteiger partial charge is 0.461 e. The van der Waals surface area contributed by atoms with Gasteiger partial charge in [0, 0.05) is 6.04 Å². The molecule has 102 valence electrons. The summed E-state index contributed by atoms with van der Waals surface area (Å²) in [6, 6.07) is 0.334. The first-order chi connectivity index (χ1) is 8.54. The normalized spacial score (nSPS) is 12.5. The number of carbonyl (C=O) groups excluding carboxylic acids is 1. The highest BCUT2D eigenvalue weighted by atomic mass is 32.1. The van der Waals surface area contributed by atoms with Crippen molar-refractivity contribution in [3.05, 3.63) is 11.2 Å². The van der Waals surface area contributed by atoms with Crippen LogP contribution in [0.5, 0.6) is 0 Å². The van der Waals surface area contributed by atoms with Gasteiger partial charge >= 0.3 is 5.97 Å². The number of esters is 1. The number of hydrogen-bond acceptors (Lipinski definition) is 5. The minimum atomic E-state index is -0.350. The van der Waals surface area contributed by atoms with Crippen molar-refractivity contribution in [3.63, 3.8) is 0 Å². The third kappa shape index (κ3) is 4.64. The van der Waals surface area contributed by atoms with Gasteiger partial charge in [-0.25, -0.2) is 9.78 Å². The van der Waals surface area contributed by atoms with E-state index in [9.17, 15) is 4.79 Å². The third-order valence-corrected chi connectivity index (χ3v) is 3.35. The van der Waals surface area contributed by atoms with Crippen LogP contribution >= 0.6 is 11.3 Å². The Morgan fingerprint density at radius 3 is 2.78 bits per heavy atom. The number of aromatic nitrogens is 1. The van der Waals surface area contributed by atoms with Crippen molar-refractivity contribution in [1.82, 2.24) is 4.98 Å². The number of anilines is 1. The maximum absolute atomic E-state index is 11.7. The minimum absolute atomic E-state index is 0.334. The fraction of sp³-hybridized carbons (Fsp3) is 0.692. The summed E-state index contributed by atoms with van der Waals surface area (Å²) < 4.78 is 4.97. The highest BCUT2D eigenvalue weighted by molar-refractivity contribution is 7.14. The average molecular weight is 270 g/mol. The minimum Gasteiger partial charge on any atom is -0.461 e. The van der Waals surface area contributed by atoms with E-state index in [-0.39, 0.29) is 5.97 Å². The van der Waals surface area contributed by atoms with Gasteiger partial charge in [0.05, 0.1) is 12.1 Å². The van der Waals surface area contributed by atoms with Crippen LogP contribution in [0.15, 0.2) is 5.51 Å². The Hall–Kier alpha value is -1.10. The Labute approximate surface area is 113 Å². The highest BCUT2D eigenvalue weighted by Gasteiger charge is 2.17. The molecular formula is C13H22N2O2S. The first kappa shape index (κ1) is 15.0. The molecule has 0 aliphatic carbocycles. The smallest absolute Gasteiger partial charge is 0.360 e. The lowest BCUT2D eigenvalue weighted by atomic mass is 10.0. The SMILES string of the molecule is CCOC(=O)c1ncsc1NC(C)CCC(C)C. The van der Waals surface area contributed by atoms with E-state index in [1.807, 2.05) is 0 Å². The summed E-state index contributed by atoms with van der Waals surface area (Å²) in [7, 11) is 0. The van der Waals surface area contributed by atoms with Crippen LogP contribution in [0, 0.1) is 5.92 Å². The maximum atomic E-state index is 11.7. The number of carbonyl (C=O) groups is 1. The summed E-state index contributed by atoms with van der Waals surface area (Å²) in [5.74, 6) is 0.345. The molecule has 0 radical (unpaired) electrons. The molecule has 0 fully saturated rings. The van der Waals surface area contributed by atoms with Gasteiger partial charge in [-0.3, -0.25) is 0 Å². The average Bonchev–Trinajstić information content (AvgIpc) is 2.75. The molecule has 4 nitrogen and oxygen atoms in total. The molecule has 0 amide bonds. The van der Waals surface area contributed by atoms with Crippen LogP contribution in [0.4, 0.5) is 5.00 Å². The lowest BCUT2D eigenvalue weighted by molar-refractivity contribution is 0.0521. The van der Waals surface area contributed by atoms with Crippen molar-refractivity contribution in [2.24, 2.45) is 5.92 Å². The van der Waals surface area contributed by atoms with Gasteiger partial charge in [0.1, 0.15) is 5.00 Å². The Kier molecular flexibility index (Phi) is 6.12. The molecule has 0 saturated carbocycles. The van der Waals surface area contributed by atoms with E-state index in [2.05, 4.69) is 31.1 Å². The zero-order chi connectivity index (χ0) is 13.5. The molecule has 1 aromatic heterocycles. The van der Waals surface area contributed by atoms with Crippen molar-refractivity contribution in [2.45, 2.75) is 46.6 Å². The molecule has 0 bridgehead atoms. The third-order valence-electron chi connectivity index (χ3n) is 2.59. The second kappa shape index (κ2) is 7.36. The van der Waals surface area contributed by atoms with Crippen LogP contribution in [0.25, 0.3) is 0 Å². The fourth-order valence-electron chi connectivity index (χ4n) is 1.57. The summed E-state index contributed by atoms with van der Waals surface area (Å²) in [4.78, 5) is 15.7. The van der Waals surface area contributed by atoms with Crippen LogP contribution in [-0.4, -0.2) is 23.6 Å². The van der Waals surface area contributed by atoms with Gasteiger partial charge in [0.15, 0.2) is 5.69 Å². The Morgan fingerprint density at radius 1 is 1.44 bits per heavy atom. The molecule has 1 atom stereocenters. The summed E-state index contributed by atoms with van der Waals surface area (Å²) >= 11 is 1.44. The molecule has 1 aromatic rings. The van der Waals surface area contributed by atoms with Gasteiger partial charge in [-0.15, -0.1) is 11.3 Å². The van der Waals surface area contributed by atoms with E-state index in [4.69, 9.17) is 4.74 Å². The molecule has 1 unspecified atom stereocenters. The van der Waals surface area contributed by atoms with Crippen LogP contribution in [0.2, 0.25) is 0 Å². The van der Waals surface area contributed by atoms with E-state index >= 15 is 0 Å². The van der Waals surface area contributed by atoms with Crippen molar-refractivity contribution in [3.8, 4) is 0 Å². The molecule has 1 N–H and O–H groups in total. The van der Waals surface area contributed by atoms with Gasteiger partial charge in [-0.1, -0.05) is 13.8 Å². The fourth-order valence-corrected chi connectivity index (χ4v) is 2.35. The molecule has 0 aliphatic rings. The predicted octanol–water partition coefficient (Wildman–Crippen LogP) is 3.56. The van der Waals surface area contributed by atoms with Crippen LogP contribution < -0.4 is 5.32 Å². The molecular weight excluding hydrogens is 248 g/mol. The van der Waals surface area contributed by atoms with E-state index in [0.717, 1.165) is 11.4 Å². The van der Waals surface area contributed by atoms with Crippen molar-refractivity contribution in [1.29, 1.82) is 0 Å². The van der Waals surface area contributed by atoms with Crippen LogP contribution in [0.3, 0.4) is 0 Å². The lowest BCUT2D eigenvalue weighted by Gasteiger charge is -2.15.